The van der Waals surface area contributed by atoms with Crippen molar-refractivity contribution in [3.63, 3.8) is 0 Å². The van der Waals surface area contributed by atoms with Crippen LogP contribution in [0.5, 0.6) is 0 Å². The summed E-state index contributed by atoms with van der Waals surface area (Å²) in [6, 6.07) is 24.5. The molecular formula is C38H62N4. The Morgan fingerprint density at radius 2 is 0.976 bits per heavy atom. The Morgan fingerprint density at radius 3 is 1.33 bits per heavy atom. The molecule has 4 unspecified atom stereocenters. The molecule has 0 bridgehead atoms. The lowest BCUT2D eigenvalue weighted by atomic mass is 9.83. The summed E-state index contributed by atoms with van der Waals surface area (Å²) in [4.78, 5) is 5.50. The van der Waals surface area contributed by atoms with E-state index < -0.39 is 0 Å². The Labute approximate surface area is 259 Å². The minimum absolute atomic E-state index is 0.250. The Morgan fingerprint density at radius 1 is 0.595 bits per heavy atom. The predicted octanol–water partition coefficient (Wildman–Crippen LogP) is 7.47. The standard InChI is InChI=1S/C38H62N4/c1-31-27-35(29-37(3,4)41(31)25-21-33-17-11-9-12-18-33)39-23-15-7-8-16-24-40-36-28-32(2)42(38(5,6)30-36)26-22-34-19-13-10-14-20-34/h9-14,17-20,31-32,35-36,39-40H,7-8,15-16,21-30H2,1-6H3. The first kappa shape index (κ1) is 33.2. The van der Waals surface area contributed by atoms with Gasteiger partial charge in [0.2, 0.25) is 0 Å². The molecule has 4 rings (SSSR count). The third kappa shape index (κ3) is 9.91. The van der Waals surface area contributed by atoms with Crippen LogP contribution in [0.15, 0.2) is 60.7 Å². The van der Waals surface area contributed by atoms with E-state index >= 15 is 0 Å². The Hall–Kier alpha value is -1.72. The zero-order valence-corrected chi connectivity index (χ0v) is 27.9. The summed E-state index contributed by atoms with van der Waals surface area (Å²) in [5.74, 6) is 0. The highest BCUT2D eigenvalue weighted by atomic mass is 15.2. The minimum atomic E-state index is 0.250. The zero-order chi connectivity index (χ0) is 30.0. The number of nitrogens with zero attached hydrogens (tertiary/aromatic N) is 2. The van der Waals surface area contributed by atoms with Gasteiger partial charge in [-0.25, -0.2) is 0 Å². The molecule has 2 saturated heterocycles. The number of nitrogens with one attached hydrogen (secondary N) is 2. The second kappa shape index (κ2) is 15.8. The molecule has 2 heterocycles. The van der Waals surface area contributed by atoms with Crippen LogP contribution in [0.25, 0.3) is 0 Å². The van der Waals surface area contributed by atoms with Crippen molar-refractivity contribution in [1.29, 1.82) is 0 Å². The molecule has 2 N–H and O–H groups in total. The highest BCUT2D eigenvalue weighted by Gasteiger charge is 2.39. The summed E-state index contributed by atoms with van der Waals surface area (Å²) in [5.41, 5.74) is 3.41. The van der Waals surface area contributed by atoms with E-state index in [9.17, 15) is 0 Å². The van der Waals surface area contributed by atoms with Crippen molar-refractivity contribution in [3.05, 3.63) is 71.8 Å². The van der Waals surface area contributed by atoms with Gasteiger partial charge in [-0.2, -0.15) is 0 Å². The molecule has 0 aromatic heterocycles. The maximum atomic E-state index is 3.94. The van der Waals surface area contributed by atoms with Gasteiger partial charge in [-0.3, -0.25) is 9.80 Å². The fourth-order valence-corrected chi connectivity index (χ4v) is 8.24. The third-order valence-corrected chi connectivity index (χ3v) is 10.3. The van der Waals surface area contributed by atoms with Crippen LogP contribution in [0, 0.1) is 0 Å². The molecule has 4 atom stereocenters. The summed E-state index contributed by atoms with van der Waals surface area (Å²) < 4.78 is 0. The van der Waals surface area contributed by atoms with Crippen molar-refractivity contribution < 1.29 is 0 Å². The van der Waals surface area contributed by atoms with Crippen LogP contribution in [0.2, 0.25) is 0 Å². The molecule has 2 aliphatic rings. The van der Waals surface area contributed by atoms with Crippen LogP contribution in [0.1, 0.15) is 104 Å². The molecule has 0 spiro atoms. The summed E-state index contributed by atoms with van der Waals surface area (Å²) in [6.45, 7) is 19.3. The van der Waals surface area contributed by atoms with Gasteiger partial charge in [0.05, 0.1) is 0 Å². The molecule has 234 valence electrons. The molecule has 2 aromatic carbocycles. The Kier molecular flexibility index (Phi) is 12.5. The van der Waals surface area contributed by atoms with E-state index in [1.54, 1.807) is 0 Å². The number of benzene rings is 2. The Bertz CT molecular complexity index is 936. The predicted molar refractivity (Wildman–Crippen MR) is 181 cm³/mol. The van der Waals surface area contributed by atoms with Crippen LogP contribution in [-0.4, -0.2) is 71.2 Å². The number of rotatable bonds is 15. The van der Waals surface area contributed by atoms with E-state index in [0.717, 1.165) is 39.0 Å². The number of hydrogen-bond donors (Lipinski definition) is 2. The van der Waals surface area contributed by atoms with E-state index in [0.29, 0.717) is 24.2 Å². The second-order valence-electron chi connectivity index (χ2n) is 14.8. The molecule has 0 amide bonds. The zero-order valence-electron chi connectivity index (χ0n) is 27.9. The normalized spacial score (nSPS) is 26.3. The first-order chi connectivity index (χ1) is 20.1. The average molecular weight is 575 g/mol. The SMILES string of the molecule is CC1CC(NCCCCCCNC2CC(C)N(CCc3ccccc3)C(C)(C)C2)CC(C)(C)N1CCc1ccccc1. The molecule has 4 heteroatoms. The van der Waals surface area contributed by atoms with Crippen LogP contribution >= 0.6 is 0 Å². The molecule has 0 radical (unpaired) electrons. The number of piperidine rings is 2. The molecule has 2 aromatic rings. The molecule has 0 saturated carbocycles. The summed E-state index contributed by atoms with van der Waals surface area (Å²) in [7, 11) is 0. The highest BCUT2D eigenvalue weighted by Crippen LogP contribution is 2.33. The van der Waals surface area contributed by atoms with E-state index in [1.807, 2.05) is 0 Å². The van der Waals surface area contributed by atoms with Crippen molar-refractivity contribution in [2.24, 2.45) is 0 Å². The largest absolute Gasteiger partial charge is 0.314 e. The van der Waals surface area contributed by atoms with Crippen LogP contribution in [-0.2, 0) is 12.8 Å². The monoisotopic (exact) mass is 574 g/mol. The Balaban J connectivity index is 1.06. The maximum absolute atomic E-state index is 3.94. The fourth-order valence-electron chi connectivity index (χ4n) is 8.24. The van der Waals surface area contributed by atoms with Gasteiger partial charge in [-0.05, 0) is 117 Å². The molecule has 4 nitrogen and oxygen atoms in total. The van der Waals surface area contributed by atoms with Crippen LogP contribution in [0.4, 0.5) is 0 Å². The minimum Gasteiger partial charge on any atom is -0.314 e. The van der Waals surface area contributed by atoms with Gasteiger partial charge < -0.3 is 10.6 Å². The third-order valence-electron chi connectivity index (χ3n) is 10.3. The van der Waals surface area contributed by atoms with Gasteiger partial charge in [0.1, 0.15) is 0 Å². The van der Waals surface area contributed by atoms with E-state index in [2.05, 4.69) is 123 Å². The summed E-state index contributed by atoms with van der Waals surface area (Å²) in [5, 5.41) is 7.87. The molecular weight excluding hydrogens is 512 g/mol. The summed E-state index contributed by atoms with van der Waals surface area (Å²) in [6.07, 6.45) is 12.6. The van der Waals surface area contributed by atoms with Crippen LogP contribution in [0.3, 0.4) is 0 Å². The van der Waals surface area contributed by atoms with Gasteiger partial charge in [-0.15, -0.1) is 0 Å². The topological polar surface area (TPSA) is 30.5 Å². The first-order valence-corrected chi connectivity index (χ1v) is 17.2. The molecule has 2 aliphatic heterocycles. The van der Waals surface area contributed by atoms with E-state index in [1.165, 1.54) is 62.5 Å². The van der Waals surface area contributed by atoms with Gasteiger partial charge in [0.25, 0.3) is 0 Å². The van der Waals surface area contributed by atoms with Crippen molar-refractivity contribution in [2.75, 3.05) is 26.2 Å². The van der Waals surface area contributed by atoms with Crippen molar-refractivity contribution in [1.82, 2.24) is 20.4 Å². The van der Waals surface area contributed by atoms with Crippen molar-refractivity contribution in [3.8, 4) is 0 Å². The number of unbranched alkanes of at least 4 members (excludes halogenated alkanes) is 3. The molecule has 0 aliphatic carbocycles. The van der Waals surface area contributed by atoms with Crippen molar-refractivity contribution >= 4 is 0 Å². The highest BCUT2D eigenvalue weighted by molar-refractivity contribution is 5.16. The fraction of sp³-hybridized carbons (Fsp3) is 0.684. The van der Waals surface area contributed by atoms with Gasteiger partial charge >= 0.3 is 0 Å². The van der Waals surface area contributed by atoms with Gasteiger partial charge in [-0.1, -0.05) is 73.5 Å². The second-order valence-corrected chi connectivity index (χ2v) is 14.8. The smallest absolute Gasteiger partial charge is 0.0171 e. The number of likely N-dealkylation sites (tertiary alicyclic amines) is 2. The lowest BCUT2D eigenvalue weighted by Gasteiger charge is -2.50. The summed E-state index contributed by atoms with van der Waals surface area (Å²) >= 11 is 0. The maximum Gasteiger partial charge on any atom is 0.0171 e. The van der Waals surface area contributed by atoms with Crippen LogP contribution < -0.4 is 10.6 Å². The lowest BCUT2D eigenvalue weighted by Crippen LogP contribution is -2.58. The average Bonchev–Trinajstić information content (AvgIpc) is 2.94. The first-order valence-electron chi connectivity index (χ1n) is 17.2. The van der Waals surface area contributed by atoms with E-state index in [4.69, 9.17) is 0 Å². The molecule has 42 heavy (non-hydrogen) atoms. The number of hydrogen-bond acceptors (Lipinski definition) is 4. The van der Waals surface area contributed by atoms with Gasteiger partial charge in [0, 0.05) is 48.3 Å². The van der Waals surface area contributed by atoms with E-state index in [-0.39, 0.29) is 11.1 Å². The quantitative estimate of drug-likeness (QED) is 0.216. The van der Waals surface area contributed by atoms with Crippen molar-refractivity contribution in [2.45, 2.75) is 141 Å². The molecule has 2 fully saturated rings. The lowest BCUT2D eigenvalue weighted by molar-refractivity contribution is 0.0159. The van der Waals surface area contributed by atoms with Gasteiger partial charge in [0.15, 0.2) is 0 Å².